The van der Waals surface area contributed by atoms with Crippen LogP contribution in [0.5, 0.6) is 0 Å². The lowest BCUT2D eigenvalue weighted by molar-refractivity contribution is 0.161. The third-order valence-corrected chi connectivity index (χ3v) is 3.74. The standard InChI is InChI=1S/C16H23N3O3/c1-3-22-16(21)19(2)14-10-8-13(9-11-14)18-15(20)17-12-6-4-5-7-12/h8-12H,3-7H2,1-2H3,(H2,17,18,20). The Balaban J connectivity index is 1.88. The molecule has 0 saturated heterocycles. The van der Waals surface area contributed by atoms with E-state index in [1.807, 2.05) is 0 Å². The molecule has 0 radical (unpaired) electrons. The van der Waals surface area contributed by atoms with Gasteiger partial charge in [-0.25, -0.2) is 9.59 Å². The lowest BCUT2D eigenvalue weighted by atomic mass is 10.2. The molecule has 1 aliphatic rings. The number of nitrogens with one attached hydrogen (secondary N) is 2. The number of urea groups is 1. The summed E-state index contributed by atoms with van der Waals surface area (Å²) in [6.45, 7) is 2.10. The van der Waals surface area contributed by atoms with Crippen LogP contribution >= 0.6 is 0 Å². The number of rotatable bonds is 4. The van der Waals surface area contributed by atoms with Gasteiger partial charge in [0, 0.05) is 24.5 Å². The smallest absolute Gasteiger partial charge is 0.413 e. The third-order valence-electron chi connectivity index (χ3n) is 3.74. The fourth-order valence-corrected chi connectivity index (χ4v) is 2.52. The summed E-state index contributed by atoms with van der Waals surface area (Å²) in [6, 6.07) is 7.16. The number of carbonyl (C=O) groups is 2. The van der Waals surface area contributed by atoms with Crippen LogP contribution < -0.4 is 15.5 Å². The molecule has 2 N–H and O–H groups in total. The van der Waals surface area contributed by atoms with Crippen molar-refractivity contribution in [3.8, 4) is 0 Å². The molecule has 3 amide bonds. The maximum absolute atomic E-state index is 11.9. The number of anilines is 2. The predicted molar refractivity (Wildman–Crippen MR) is 86.3 cm³/mol. The van der Waals surface area contributed by atoms with E-state index in [1.54, 1.807) is 38.2 Å². The van der Waals surface area contributed by atoms with Gasteiger partial charge in [-0.15, -0.1) is 0 Å². The van der Waals surface area contributed by atoms with E-state index in [4.69, 9.17) is 4.74 Å². The van der Waals surface area contributed by atoms with Gasteiger partial charge in [-0.3, -0.25) is 4.90 Å². The SMILES string of the molecule is CCOC(=O)N(C)c1ccc(NC(=O)NC2CCCC2)cc1. The Morgan fingerprint density at radius 1 is 1.23 bits per heavy atom. The van der Waals surface area contributed by atoms with Crippen molar-refractivity contribution in [2.75, 3.05) is 23.9 Å². The number of nitrogens with zero attached hydrogens (tertiary/aromatic N) is 1. The highest BCUT2D eigenvalue weighted by atomic mass is 16.6. The molecule has 0 heterocycles. The van der Waals surface area contributed by atoms with Gasteiger partial charge < -0.3 is 15.4 Å². The molecule has 6 heteroatoms. The maximum Gasteiger partial charge on any atom is 0.413 e. The molecule has 1 aromatic rings. The van der Waals surface area contributed by atoms with E-state index in [-0.39, 0.29) is 12.1 Å². The zero-order chi connectivity index (χ0) is 15.9. The van der Waals surface area contributed by atoms with Gasteiger partial charge in [0.25, 0.3) is 0 Å². The Morgan fingerprint density at radius 3 is 2.45 bits per heavy atom. The topological polar surface area (TPSA) is 70.7 Å². The summed E-state index contributed by atoms with van der Waals surface area (Å²) in [4.78, 5) is 24.9. The second-order valence-electron chi connectivity index (χ2n) is 5.38. The third kappa shape index (κ3) is 4.38. The van der Waals surface area contributed by atoms with Crippen molar-refractivity contribution in [2.45, 2.75) is 38.6 Å². The molecular weight excluding hydrogens is 282 g/mol. The number of hydrogen-bond acceptors (Lipinski definition) is 3. The lowest BCUT2D eigenvalue weighted by Crippen LogP contribution is -2.36. The number of amides is 3. The van der Waals surface area contributed by atoms with Crippen LogP contribution in [0.25, 0.3) is 0 Å². The molecule has 0 bridgehead atoms. The first-order chi connectivity index (χ1) is 10.6. The molecule has 2 rings (SSSR count). The van der Waals surface area contributed by atoms with Gasteiger partial charge in [0.15, 0.2) is 0 Å². The molecule has 0 unspecified atom stereocenters. The molecule has 1 saturated carbocycles. The molecule has 120 valence electrons. The van der Waals surface area contributed by atoms with Gasteiger partial charge in [0.05, 0.1) is 6.61 Å². The van der Waals surface area contributed by atoms with E-state index < -0.39 is 6.09 Å². The lowest BCUT2D eigenvalue weighted by Gasteiger charge is -2.17. The molecule has 6 nitrogen and oxygen atoms in total. The van der Waals surface area contributed by atoms with E-state index in [0.717, 1.165) is 12.8 Å². The zero-order valence-electron chi connectivity index (χ0n) is 13.1. The highest BCUT2D eigenvalue weighted by Crippen LogP contribution is 2.19. The Kier molecular flexibility index (Phi) is 5.63. The summed E-state index contributed by atoms with van der Waals surface area (Å²) in [5, 5.41) is 5.77. The minimum atomic E-state index is -0.401. The van der Waals surface area contributed by atoms with Crippen LogP contribution in [0.3, 0.4) is 0 Å². The molecule has 1 fully saturated rings. The number of hydrogen-bond donors (Lipinski definition) is 2. The second-order valence-corrected chi connectivity index (χ2v) is 5.38. The van der Waals surface area contributed by atoms with E-state index >= 15 is 0 Å². The minimum Gasteiger partial charge on any atom is -0.449 e. The van der Waals surface area contributed by atoms with Crippen LogP contribution in [0.15, 0.2) is 24.3 Å². The molecule has 22 heavy (non-hydrogen) atoms. The van der Waals surface area contributed by atoms with Crippen molar-refractivity contribution in [3.05, 3.63) is 24.3 Å². The average molecular weight is 305 g/mol. The highest BCUT2D eigenvalue weighted by molar-refractivity contribution is 5.91. The monoisotopic (exact) mass is 305 g/mol. The minimum absolute atomic E-state index is 0.182. The first-order valence-corrected chi connectivity index (χ1v) is 7.68. The first kappa shape index (κ1) is 16.1. The zero-order valence-corrected chi connectivity index (χ0v) is 13.1. The first-order valence-electron chi connectivity index (χ1n) is 7.68. The largest absolute Gasteiger partial charge is 0.449 e. The van der Waals surface area contributed by atoms with Crippen molar-refractivity contribution in [1.82, 2.24) is 5.32 Å². The number of benzene rings is 1. The van der Waals surface area contributed by atoms with Gasteiger partial charge in [0.1, 0.15) is 0 Å². The van der Waals surface area contributed by atoms with Crippen molar-refractivity contribution < 1.29 is 14.3 Å². The van der Waals surface area contributed by atoms with Crippen LogP contribution in [0.2, 0.25) is 0 Å². The van der Waals surface area contributed by atoms with E-state index in [2.05, 4.69) is 10.6 Å². The van der Waals surface area contributed by atoms with E-state index in [9.17, 15) is 9.59 Å². The fourth-order valence-electron chi connectivity index (χ4n) is 2.52. The van der Waals surface area contributed by atoms with Crippen molar-refractivity contribution >= 4 is 23.5 Å². The van der Waals surface area contributed by atoms with Crippen LogP contribution in [-0.2, 0) is 4.74 Å². The summed E-state index contributed by atoms with van der Waals surface area (Å²) in [5.74, 6) is 0. The summed E-state index contributed by atoms with van der Waals surface area (Å²) >= 11 is 0. The molecule has 1 aromatic carbocycles. The van der Waals surface area contributed by atoms with Crippen LogP contribution in [0.4, 0.5) is 21.0 Å². The average Bonchev–Trinajstić information content (AvgIpc) is 3.00. The van der Waals surface area contributed by atoms with Gasteiger partial charge >= 0.3 is 12.1 Å². The van der Waals surface area contributed by atoms with Crippen LogP contribution in [0, 0.1) is 0 Å². The van der Waals surface area contributed by atoms with Crippen LogP contribution in [0.1, 0.15) is 32.6 Å². The Hall–Kier alpha value is -2.24. The molecule has 0 aromatic heterocycles. The quantitative estimate of drug-likeness (QED) is 0.896. The number of carbonyl (C=O) groups excluding carboxylic acids is 2. The van der Waals surface area contributed by atoms with E-state index in [1.165, 1.54) is 17.7 Å². The van der Waals surface area contributed by atoms with Gasteiger partial charge in [-0.1, -0.05) is 12.8 Å². The summed E-state index contributed by atoms with van der Waals surface area (Å²) in [7, 11) is 1.65. The molecule has 0 spiro atoms. The second kappa shape index (κ2) is 7.68. The van der Waals surface area contributed by atoms with Crippen molar-refractivity contribution in [2.24, 2.45) is 0 Å². The Labute approximate surface area is 130 Å². The Bertz CT molecular complexity index is 510. The Morgan fingerprint density at radius 2 is 1.86 bits per heavy atom. The van der Waals surface area contributed by atoms with E-state index in [0.29, 0.717) is 18.0 Å². The molecule has 0 aliphatic heterocycles. The normalized spacial score (nSPS) is 14.5. The van der Waals surface area contributed by atoms with Crippen molar-refractivity contribution in [3.63, 3.8) is 0 Å². The van der Waals surface area contributed by atoms with Gasteiger partial charge in [0.2, 0.25) is 0 Å². The van der Waals surface area contributed by atoms with Crippen molar-refractivity contribution in [1.29, 1.82) is 0 Å². The summed E-state index contributed by atoms with van der Waals surface area (Å²) < 4.78 is 4.93. The van der Waals surface area contributed by atoms with Gasteiger partial charge in [-0.05, 0) is 44.0 Å². The maximum atomic E-state index is 11.9. The van der Waals surface area contributed by atoms with Gasteiger partial charge in [-0.2, -0.15) is 0 Å². The number of ether oxygens (including phenoxy) is 1. The highest BCUT2D eigenvalue weighted by Gasteiger charge is 2.17. The molecule has 0 atom stereocenters. The predicted octanol–water partition coefficient (Wildman–Crippen LogP) is 3.34. The molecule has 1 aliphatic carbocycles. The molecular formula is C16H23N3O3. The summed E-state index contributed by atoms with van der Waals surface area (Å²) in [5.41, 5.74) is 1.40. The fraction of sp³-hybridized carbons (Fsp3) is 0.500. The summed E-state index contributed by atoms with van der Waals surface area (Å²) in [6.07, 6.45) is 4.06. The van der Waals surface area contributed by atoms with Crippen LogP contribution in [-0.4, -0.2) is 31.8 Å².